The Kier molecular flexibility index (Phi) is 6.27. The van der Waals surface area contributed by atoms with E-state index in [1.54, 1.807) is 18.9 Å². The highest BCUT2D eigenvalue weighted by molar-refractivity contribution is 5.85. The van der Waals surface area contributed by atoms with Crippen molar-refractivity contribution in [2.45, 2.75) is 46.1 Å². The van der Waals surface area contributed by atoms with Crippen LogP contribution in [0.15, 0.2) is 25.2 Å². The monoisotopic (exact) mass is 405 g/mol. The van der Waals surface area contributed by atoms with Gasteiger partial charge in [0.05, 0.1) is 11.8 Å². The van der Waals surface area contributed by atoms with Crippen LogP contribution in [0.5, 0.6) is 6.01 Å². The van der Waals surface area contributed by atoms with Gasteiger partial charge >= 0.3 is 17.7 Å². The summed E-state index contributed by atoms with van der Waals surface area (Å²) in [6.45, 7) is 6.44. The Balaban J connectivity index is 1.65. The predicted molar refractivity (Wildman–Crippen MR) is 104 cm³/mol. The lowest BCUT2D eigenvalue weighted by molar-refractivity contribution is 0.0818. The van der Waals surface area contributed by atoms with Gasteiger partial charge in [-0.2, -0.15) is 4.98 Å². The number of ether oxygens (including phenoxy) is 1. The highest BCUT2D eigenvalue weighted by Crippen LogP contribution is 2.14. The van der Waals surface area contributed by atoms with Gasteiger partial charge < -0.3 is 14.0 Å². The second-order valence-corrected chi connectivity index (χ2v) is 6.80. The number of carbonyl (C=O) groups excluding carboxylic acids is 1. The van der Waals surface area contributed by atoms with Gasteiger partial charge in [0.15, 0.2) is 0 Å². The predicted octanol–water partition coefficient (Wildman–Crippen LogP) is 1.32. The maximum absolute atomic E-state index is 12.3. The van der Waals surface area contributed by atoms with Gasteiger partial charge in [-0.1, -0.05) is 12.1 Å². The molecular formula is C18H23N5O6. The maximum atomic E-state index is 12.3. The number of carbonyl (C=O) groups is 1. The molecule has 1 amide bonds. The Morgan fingerprint density at radius 3 is 2.76 bits per heavy atom. The second kappa shape index (κ2) is 8.86. The van der Waals surface area contributed by atoms with Crippen LogP contribution >= 0.6 is 0 Å². The smallest absolute Gasteiger partial charge is 0.422 e. The molecule has 0 aromatic carbocycles. The first kappa shape index (κ1) is 20.5. The molecule has 156 valence electrons. The number of rotatable bonds is 5. The third-order valence-corrected chi connectivity index (χ3v) is 4.25. The average Bonchev–Trinajstić information content (AvgIpc) is 2.65. The Morgan fingerprint density at radius 2 is 2.10 bits per heavy atom. The summed E-state index contributed by atoms with van der Waals surface area (Å²) in [6.07, 6.45) is 0.899. The number of aromatic nitrogens is 2. The van der Waals surface area contributed by atoms with Gasteiger partial charge in [0, 0.05) is 32.0 Å². The fourth-order valence-corrected chi connectivity index (χ4v) is 2.90. The highest BCUT2D eigenvalue weighted by Gasteiger charge is 2.19. The van der Waals surface area contributed by atoms with E-state index in [0.717, 1.165) is 5.71 Å². The van der Waals surface area contributed by atoms with Crippen LogP contribution in [0.1, 0.15) is 39.2 Å². The number of aromatic amines is 1. The van der Waals surface area contributed by atoms with E-state index in [1.165, 1.54) is 6.07 Å². The number of hydrogen-bond acceptors (Lipinski definition) is 9. The molecule has 2 aromatic rings. The van der Waals surface area contributed by atoms with E-state index in [4.69, 9.17) is 14.0 Å². The van der Waals surface area contributed by atoms with E-state index < -0.39 is 17.3 Å². The van der Waals surface area contributed by atoms with Gasteiger partial charge in [-0.3, -0.25) is 15.2 Å². The van der Waals surface area contributed by atoms with Crippen LogP contribution in [-0.2, 0) is 11.2 Å². The van der Waals surface area contributed by atoms with E-state index in [9.17, 15) is 14.4 Å². The number of hydrogen-bond donors (Lipinski definition) is 2. The van der Waals surface area contributed by atoms with Crippen molar-refractivity contribution in [2.24, 2.45) is 5.16 Å². The molecule has 11 heteroatoms. The van der Waals surface area contributed by atoms with Crippen molar-refractivity contribution in [1.82, 2.24) is 20.4 Å². The molecule has 0 unspecified atom stereocenters. The SMILES string of the molecule is CCc1cc(=O)oc2nc(ON=C3CCN(NC(=O)OC(C)C)CC3)[nH]c(=O)c12. The lowest BCUT2D eigenvalue weighted by Crippen LogP contribution is -2.47. The quantitative estimate of drug-likeness (QED) is 0.710. The van der Waals surface area contributed by atoms with Crippen molar-refractivity contribution in [2.75, 3.05) is 13.1 Å². The van der Waals surface area contributed by atoms with Crippen LogP contribution in [0.25, 0.3) is 11.1 Å². The number of H-pyrrole nitrogens is 1. The Bertz CT molecular complexity index is 1030. The minimum absolute atomic E-state index is 0.0871. The summed E-state index contributed by atoms with van der Waals surface area (Å²) in [7, 11) is 0. The average molecular weight is 405 g/mol. The number of oxime groups is 1. The molecule has 3 heterocycles. The third kappa shape index (κ3) is 5.19. The molecule has 3 rings (SSSR count). The molecule has 29 heavy (non-hydrogen) atoms. The standard InChI is InChI=1S/C18H23N5O6/c1-4-11-9-13(24)28-16-14(11)15(25)19-17(20-16)29-22-12-5-7-23(8-6-12)21-18(26)27-10(2)3/h9-10H,4-8H2,1-3H3,(H,21,26)(H,19,20,25). The molecule has 2 N–H and O–H groups in total. The molecule has 1 fully saturated rings. The van der Waals surface area contributed by atoms with Gasteiger partial charge in [0.2, 0.25) is 5.71 Å². The molecule has 0 saturated carbocycles. The van der Waals surface area contributed by atoms with E-state index in [0.29, 0.717) is 37.9 Å². The summed E-state index contributed by atoms with van der Waals surface area (Å²) in [5, 5.41) is 5.98. The zero-order valence-electron chi connectivity index (χ0n) is 16.5. The van der Waals surface area contributed by atoms with E-state index >= 15 is 0 Å². The fourth-order valence-electron chi connectivity index (χ4n) is 2.90. The summed E-state index contributed by atoms with van der Waals surface area (Å²) in [6, 6.07) is 1.12. The van der Waals surface area contributed by atoms with Crippen LogP contribution in [0.3, 0.4) is 0 Å². The number of aryl methyl sites for hydroxylation is 1. The van der Waals surface area contributed by atoms with Crippen LogP contribution in [0.4, 0.5) is 4.79 Å². The first-order valence-electron chi connectivity index (χ1n) is 9.37. The zero-order valence-corrected chi connectivity index (χ0v) is 16.5. The normalized spacial score (nSPS) is 14.8. The zero-order chi connectivity index (χ0) is 21.0. The van der Waals surface area contributed by atoms with Crippen molar-refractivity contribution >= 4 is 22.9 Å². The number of hydrazine groups is 1. The van der Waals surface area contributed by atoms with E-state index in [2.05, 4.69) is 20.5 Å². The number of nitrogens with one attached hydrogen (secondary N) is 2. The van der Waals surface area contributed by atoms with Gasteiger partial charge in [0.1, 0.15) is 5.39 Å². The number of piperidine rings is 1. The molecule has 1 saturated heterocycles. The molecule has 1 aliphatic heterocycles. The minimum atomic E-state index is -0.583. The summed E-state index contributed by atoms with van der Waals surface area (Å²) < 4.78 is 10.1. The Morgan fingerprint density at radius 1 is 1.38 bits per heavy atom. The van der Waals surface area contributed by atoms with Crippen molar-refractivity contribution in [3.05, 3.63) is 32.4 Å². The molecule has 1 aliphatic rings. The van der Waals surface area contributed by atoms with Gasteiger partial charge in [-0.05, 0) is 25.8 Å². The summed E-state index contributed by atoms with van der Waals surface area (Å²) in [5.41, 5.74) is 2.83. The maximum Gasteiger partial charge on any atom is 0.422 e. The second-order valence-electron chi connectivity index (χ2n) is 6.80. The first-order chi connectivity index (χ1) is 13.9. The Hall–Kier alpha value is -3.21. The molecule has 0 radical (unpaired) electrons. The lowest BCUT2D eigenvalue weighted by atomic mass is 10.1. The highest BCUT2D eigenvalue weighted by atomic mass is 16.6. The van der Waals surface area contributed by atoms with Crippen LogP contribution in [0, 0.1) is 0 Å². The lowest BCUT2D eigenvalue weighted by Gasteiger charge is -2.27. The Labute approximate surface area is 165 Å². The van der Waals surface area contributed by atoms with E-state index in [-0.39, 0.29) is 23.2 Å². The van der Waals surface area contributed by atoms with Gasteiger partial charge in [-0.25, -0.2) is 14.6 Å². The fraction of sp³-hybridized carbons (Fsp3) is 0.500. The minimum Gasteiger partial charge on any atom is -0.446 e. The van der Waals surface area contributed by atoms with Crippen LogP contribution in [-0.4, -0.2) is 46.0 Å². The third-order valence-electron chi connectivity index (χ3n) is 4.25. The van der Waals surface area contributed by atoms with Crippen molar-refractivity contribution in [3.63, 3.8) is 0 Å². The summed E-state index contributed by atoms with van der Waals surface area (Å²) in [4.78, 5) is 47.3. The van der Waals surface area contributed by atoms with Crippen molar-refractivity contribution in [1.29, 1.82) is 0 Å². The molecular weight excluding hydrogens is 382 g/mol. The van der Waals surface area contributed by atoms with Crippen LogP contribution in [0.2, 0.25) is 0 Å². The van der Waals surface area contributed by atoms with E-state index in [1.807, 2.05) is 6.92 Å². The van der Waals surface area contributed by atoms with Crippen molar-refractivity contribution in [3.8, 4) is 6.01 Å². The van der Waals surface area contributed by atoms with Crippen LogP contribution < -0.4 is 21.4 Å². The molecule has 0 bridgehead atoms. The van der Waals surface area contributed by atoms with Gasteiger partial charge in [-0.15, -0.1) is 0 Å². The summed E-state index contributed by atoms with van der Waals surface area (Å²) >= 11 is 0. The summed E-state index contributed by atoms with van der Waals surface area (Å²) in [5.74, 6) is 0. The molecule has 0 spiro atoms. The molecule has 0 atom stereocenters. The topological polar surface area (TPSA) is 139 Å². The molecule has 2 aromatic heterocycles. The number of nitrogens with zero attached hydrogens (tertiary/aromatic N) is 3. The number of amides is 1. The first-order valence-corrected chi connectivity index (χ1v) is 9.37. The number of fused-ring (bicyclic) bond motifs is 1. The van der Waals surface area contributed by atoms with Gasteiger partial charge in [0.25, 0.3) is 5.56 Å². The van der Waals surface area contributed by atoms with Crippen molar-refractivity contribution < 1.29 is 18.8 Å². The molecule has 11 nitrogen and oxygen atoms in total. The largest absolute Gasteiger partial charge is 0.446 e. The molecule has 0 aliphatic carbocycles.